The van der Waals surface area contributed by atoms with Crippen LogP contribution in [0.5, 0.6) is 0 Å². The van der Waals surface area contributed by atoms with Crippen molar-refractivity contribution in [3.63, 3.8) is 0 Å². The minimum atomic E-state index is -0.823. The maximum Gasteiger partial charge on any atom is 0.145 e. The highest BCUT2D eigenvalue weighted by Gasteiger charge is 2.45. The fourth-order valence-electron chi connectivity index (χ4n) is 3.08. The van der Waals surface area contributed by atoms with Crippen molar-refractivity contribution in [1.82, 2.24) is 0 Å². The summed E-state index contributed by atoms with van der Waals surface area (Å²) in [6.07, 6.45) is 3.24. The Morgan fingerprint density at radius 2 is 1.76 bits per heavy atom. The smallest absolute Gasteiger partial charge is 0.145 e. The van der Waals surface area contributed by atoms with E-state index in [9.17, 15) is 8.78 Å². The number of ether oxygens (including phenoxy) is 1. The summed E-state index contributed by atoms with van der Waals surface area (Å²) in [4.78, 5) is 0. The second-order valence-electron chi connectivity index (χ2n) is 6.67. The lowest BCUT2D eigenvalue weighted by Gasteiger charge is -2.46. The lowest BCUT2D eigenvalue weighted by atomic mass is 9.67. The molecule has 1 aliphatic rings. The van der Waals surface area contributed by atoms with Crippen molar-refractivity contribution in [1.29, 1.82) is 0 Å². The molecular formula is C16H22BrF2NO. The number of benzene rings is 1. The molecule has 21 heavy (non-hydrogen) atoms. The topological polar surface area (TPSA) is 35.2 Å². The van der Waals surface area contributed by atoms with Gasteiger partial charge in [-0.2, -0.15) is 0 Å². The van der Waals surface area contributed by atoms with Gasteiger partial charge in [-0.05, 0) is 59.2 Å². The number of hydrogen-bond acceptors (Lipinski definition) is 2. The molecule has 118 valence electrons. The number of halogens is 3. The molecule has 1 fully saturated rings. The molecular weight excluding hydrogens is 340 g/mol. The number of rotatable bonds is 3. The van der Waals surface area contributed by atoms with Crippen molar-refractivity contribution in [2.45, 2.75) is 51.2 Å². The van der Waals surface area contributed by atoms with E-state index in [2.05, 4.69) is 29.8 Å². The van der Waals surface area contributed by atoms with Crippen LogP contribution in [0.3, 0.4) is 0 Å². The Kier molecular flexibility index (Phi) is 4.76. The molecule has 0 saturated heterocycles. The molecule has 0 amide bonds. The molecule has 0 heterocycles. The van der Waals surface area contributed by atoms with E-state index >= 15 is 0 Å². The predicted octanol–water partition coefficient (Wildman–Crippen LogP) is 4.71. The molecule has 2 rings (SSSR count). The van der Waals surface area contributed by atoms with E-state index in [4.69, 9.17) is 10.5 Å². The van der Waals surface area contributed by atoms with Crippen LogP contribution in [-0.4, -0.2) is 12.7 Å². The van der Waals surface area contributed by atoms with Gasteiger partial charge in [0, 0.05) is 12.7 Å². The average Bonchev–Trinajstić information content (AvgIpc) is 2.44. The number of methoxy groups -OCH3 is 1. The van der Waals surface area contributed by atoms with Crippen LogP contribution in [-0.2, 0) is 4.74 Å². The Balaban J connectivity index is 2.38. The zero-order chi connectivity index (χ0) is 15.8. The lowest BCUT2D eigenvalue weighted by Crippen LogP contribution is -2.47. The van der Waals surface area contributed by atoms with Gasteiger partial charge in [-0.3, -0.25) is 0 Å². The molecule has 2 nitrogen and oxygen atoms in total. The van der Waals surface area contributed by atoms with E-state index in [1.807, 2.05) is 0 Å². The summed E-state index contributed by atoms with van der Waals surface area (Å²) in [5, 5.41) is 0. The van der Waals surface area contributed by atoms with Crippen LogP contribution >= 0.6 is 15.9 Å². The van der Waals surface area contributed by atoms with E-state index in [-0.39, 0.29) is 15.5 Å². The molecule has 2 N–H and O–H groups in total. The van der Waals surface area contributed by atoms with Gasteiger partial charge in [-0.1, -0.05) is 13.8 Å². The van der Waals surface area contributed by atoms with Crippen LogP contribution in [0.2, 0.25) is 0 Å². The Hall–Kier alpha value is -0.520. The average molecular weight is 362 g/mol. The largest absolute Gasteiger partial charge is 0.376 e. The zero-order valence-corrected chi connectivity index (χ0v) is 14.3. The summed E-state index contributed by atoms with van der Waals surface area (Å²) >= 11 is 3.09. The molecule has 1 aliphatic carbocycles. The van der Waals surface area contributed by atoms with Crippen LogP contribution in [0.4, 0.5) is 8.78 Å². The summed E-state index contributed by atoms with van der Waals surface area (Å²) in [6.45, 7) is 4.39. The first-order valence-corrected chi connectivity index (χ1v) is 7.96. The van der Waals surface area contributed by atoms with Gasteiger partial charge in [-0.25, -0.2) is 8.78 Å². The normalized spacial score (nSPS) is 22.0. The summed E-state index contributed by atoms with van der Waals surface area (Å²) in [6, 6.07) is 1.76. The predicted molar refractivity (Wildman–Crippen MR) is 83.0 cm³/mol. The third kappa shape index (κ3) is 3.15. The van der Waals surface area contributed by atoms with Crippen molar-refractivity contribution in [3.05, 3.63) is 33.8 Å². The molecule has 1 atom stereocenters. The van der Waals surface area contributed by atoms with Crippen molar-refractivity contribution in [2.24, 2.45) is 11.1 Å². The summed E-state index contributed by atoms with van der Waals surface area (Å²) in [5.41, 5.74) is 5.66. The van der Waals surface area contributed by atoms with E-state index in [1.54, 1.807) is 7.11 Å². The molecule has 1 unspecified atom stereocenters. The summed E-state index contributed by atoms with van der Waals surface area (Å²) < 4.78 is 34.3. The number of nitrogens with two attached hydrogens (primary N) is 1. The van der Waals surface area contributed by atoms with Gasteiger partial charge in [0.1, 0.15) is 11.6 Å². The molecule has 0 aromatic heterocycles. The van der Waals surface area contributed by atoms with Crippen LogP contribution < -0.4 is 5.73 Å². The second kappa shape index (κ2) is 5.94. The van der Waals surface area contributed by atoms with E-state index in [0.29, 0.717) is 12.8 Å². The summed E-state index contributed by atoms with van der Waals surface area (Å²) in [7, 11) is 1.58. The van der Waals surface area contributed by atoms with Crippen LogP contribution in [0.25, 0.3) is 0 Å². The van der Waals surface area contributed by atoms with Gasteiger partial charge in [-0.15, -0.1) is 0 Å². The highest BCUT2D eigenvalue weighted by atomic mass is 79.9. The minimum absolute atomic E-state index is 0.0917. The van der Waals surface area contributed by atoms with Gasteiger partial charge in [0.15, 0.2) is 0 Å². The van der Waals surface area contributed by atoms with E-state index in [1.165, 1.54) is 12.1 Å². The molecule has 1 aromatic carbocycles. The monoisotopic (exact) mass is 361 g/mol. The quantitative estimate of drug-likeness (QED) is 0.791. The Bertz CT molecular complexity index is 523. The first-order chi connectivity index (χ1) is 9.72. The third-order valence-electron chi connectivity index (χ3n) is 4.81. The molecule has 1 saturated carbocycles. The zero-order valence-electron chi connectivity index (χ0n) is 12.7. The Labute approximate surface area is 133 Å². The highest BCUT2D eigenvalue weighted by molar-refractivity contribution is 9.10. The molecule has 1 aromatic rings. The van der Waals surface area contributed by atoms with E-state index < -0.39 is 23.3 Å². The fourth-order valence-corrected chi connectivity index (χ4v) is 3.43. The molecule has 0 bridgehead atoms. The van der Waals surface area contributed by atoms with Crippen molar-refractivity contribution in [3.8, 4) is 0 Å². The van der Waals surface area contributed by atoms with Crippen LogP contribution in [0, 0.1) is 17.0 Å². The fraction of sp³-hybridized carbons (Fsp3) is 0.625. The van der Waals surface area contributed by atoms with Gasteiger partial charge in [0.2, 0.25) is 0 Å². The van der Waals surface area contributed by atoms with Crippen molar-refractivity contribution in [2.75, 3.05) is 7.11 Å². The van der Waals surface area contributed by atoms with E-state index in [0.717, 1.165) is 12.8 Å². The minimum Gasteiger partial charge on any atom is -0.376 e. The first-order valence-electron chi connectivity index (χ1n) is 7.16. The van der Waals surface area contributed by atoms with Gasteiger partial charge >= 0.3 is 0 Å². The SMILES string of the molecule is COC1(C(N)c2c(F)ccc(Br)c2F)CCC(C)(C)CC1. The first kappa shape index (κ1) is 16.8. The van der Waals surface area contributed by atoms with Crippen molar-refractivity contribution >= 4 is 15.9 Å². The standard InChI is InChI=1S/C16H22BrF2NO/c1-15(2)6-8-16(21-3,9-7-15)14(20)12-11(18)5-4-10(17)13(12)19/h4-5,14H,6-9,20H2,1-3H3. The maximum absolute atomic E-state index is 14.3. The summed E-state index contributed by atoms with van der Waals surface area (Å²) in [5.74, 6) is -1.26. The third-order valence-corrected chi connectivity index (χ3v) is 5.43. The van der Waals surface area contributed by atoms with Gasteiger partial charge in [0.05, 0.1) is 16.1 Å². The van der Waals surface area contributed by atoms with Crippen LogP contribution in [0.1, 0.15) is 51.1 Å². The maximum atomic E-state index is 14.3. The Morgan fingerprint density at radius 1 is 1.19 bits per heavy atom. The second-order valence-corrected chi connectivity index (χ2v) is 7.52. The van der Waals surface area contributed by atoms with Gasteiger partial charge < -0.3 is 10.5 Å². The van der Waals surface area contributed by atoms with Gasteiger partial charge in [0.25, 0.3) is 0 Å². The lowest BCUT2D eigenvalue weighted by molar-refractivity contribution is -0.0806. The Morgan fingerprint density at radius 3 is 2.29 bits per heavy atom. The van der Waals surface area contributed by atoms with Crippen molar-refractivity contribution < 1.29 is 13.5 Å². The van der Waals surface area contributed by atoms with Crippen LogP contribution in [0.15, 0.2) is 16.6 Å². The molecule has 0 aliphatic heterocycles. The highest BCUT2D eigenvalue weighted by Crippen LogP contribution is 2.47. The molecule has 5 heteroatoms. The molecule has 0 spiro atoms. The number of hydrogen-bond donors (Lipinski definition) is 1. The molecule has 0 radical (unpaired) electrons.